The summed E-state index contributed by atoms with van der Waals surface area (Å²) in [5.74, 6) is -2.73. The quantitative estimate of drug-likeness (QED) is 0.633. The Morgan fingerprint density at radius 2 is 1.81 bits per heavy atom. The lowest BCUT2D eigenvalue weighted by atomic mass is 10.0. The van der Waals surface area contributed by atoms with Gasteiger partial charge in [0.25, 0.3) is 11.8 Å². The molecule has 0 atom stereocenters. The maximum Gasteiger partial charge on any atom is 0.339 e. The zero-order valence-corrected chi connectivity index (χ0v) is 14.1. The van der Waals surface area contributed by atoms with Crippen LogP contribution in [0.1, 0.15) is 15.9 Å². The highest BCUT2D eigenvalue weighted by molar-refractivity contribution is 6.39. The Bertz CT molecular complexity index is 981. The predicted molar refractivity (Wildman–Crippen MR) is 95.4 cm³/mol. The minimum Gasteiger partial charge on any atom is -0.496 e. The number of methoxy groups -OCH3 is 1. The second-order valence-electron chi connectivity index (χ2n) is 5.56. The normalized spacial score (nSPS) is 15.7. The summed E-state index contributed by atoms with van der Waals surface area (Å²) in [6, 6.07) is 11.5. The number of carbonyl (C=O) groups excluding carboxylic acids is 3. The molecule has 0 saturated carbocycles. The smallest absolute Gasteiger partial charge is 0.339 e. The number of para-hydroxylation sites is 1. The number of nitrogens with one attached hydrogen (secondary N) is 1. The van der Waals surface area contributed by atoms with Crippen molar-refractivity contribution in [2.75, 3.05) is 12.0 Å². The number of barbiturate groups is 1. The van der Waals surface area contributed by atoms with E-state index in [0.29, 0.717) is 11.3 Å². The topological polar surface area (TPSA) is 113 Å². The highest BCUT2D eigenvalue weighted by Crippen LogP contribution is 2.24. The molecule has 0 radical (unpaired) electrons. The van der Waals surface area contributed by atoms with E-state index in [9.17, 15) is 24.3 Å². The number of carboxylic acid groups (broad SMARTS) is 1. The van der Waals surface area contributed by atoms with Gasteiger partial charge in [-0.1, -0.05) is 24.3 Å². The lowest BCUT2D eigenvalue weighted by Gasteiger charge is -2.26. The number of ether oxygens (including phenoxy) is 1. The van der Waals surface area contributed by atoms with Crippen molar-refractivity contribution in [1.82, 2.24) is 5.32 Å². The van der Waals surface area contributed by atoms with E-state index in [-0.39, 0.29) is 16.9 Å². The summed E-state index contributed by atoms with van der Waals surface area (Å²) in [4.78, 5) is 49.1. The standard InChI is InChI=1S/C19H14N2O6/c1-27-15-8-7-11(9-13(15)18(24)25)10-14-16(22)20-19(26)21(17(14)23)12-5-3-2-4-6-12/h2-10H,1H3,(H,24,25)(H,20,22,26)/b14-10+. The molecular formula is C19H14N2O6. The van der Waals surface area contributed by atoms with Crippen LogP contribution in [0.4, 0.5) is 10.5 Å². The first-order valence-electron chi connectivity index (χ1n) is 7.80. The maximum atomic E-state index is 12.7. The van der Waals surface area contributed by atoms with Crippen molar-refractivity contribution >= 4 is 35.6 Å². The molecule has 2 N–H and O–H groups in total. The van der Waals surface area contributed by atoms with E-state index in [2.05, 4.69) is 5.32 Å². The molecule has 4 amide bonds. The van der Waals surface area contributed by atoms with Crippen molar-refractivity contribution in [2.24, 2.45) is 0 Å². The van der Waals surface area contributed by atoms with Gasteiger partial charge >= 0.3 is 12.0 Å². The van der Waals surface area contributed by atoms with Crippen LogP contribution in [-0.2, 0) is 9.59 Å². The molecule has 1 fully saturated rings. The van der Waals surface area contributed by atoms with Gasteiger partial charge in [0.15, 0.2) is 0 Å². The summed E-state index contributed by atoms with van der Waals surface area (Å²) < 4.78 is 4.98. The molecule has 1 saturated heterocycles. The third-order valence-corrected chi connectivity index (χ3v) is 3.88. The molecule has 8 heteroatoms. The number of nitrogens with zero attached hydrogens (tertiary/aromatic N) is 1. The van der Waals surface area contributed by atoms with Crippen LogP contribution in [0.15, 0.2) is 54.1 Å². The molecule has 2 aromatic rings. The lowest BCUT2D eigenvalue weighted by molar-refractivity contribution is -0.122. The molecule has 0 spiro atoms. The molecule has 1 aliphatic heterocycles. The number of aromatic carboxylic acids is 1. The Kier molecular flexibility index (Phi) is 4.71. The Morgan fingerprint density at radius 1 is 1.11 bits per heavy atom. The lowest BCUT2D eigenvalue weighted by Crippen LogP contribution is -2.54. The Hall–Kier alpha value is -3.94. The van der Waals surface area contributed by atoms with E-state index in [4.69, 9.17) is 4.74 Å². The molecule has 136 valence electrons. The fourth-order valence-electron chi connectivity index (χ4n) is 2.62. The summed E-state index contributed by atoms with van der Waals surface area (Å²) in [5.41, 5.74) is 0.194. The van der Waals surface area contributed by atoms with Crippen molar-refractivity contribution in [3.8, 4) is 5.75 Å². The second-order valence-corrected chi connectivity index (χ2v) is 5.56. The minimum atomic E-state index is -1.22. The molecule has 8 nitrogen and oxygen atoms in total. The van der Waals surface area contributed by atoms with Gasteiger partial charge in [-0.05, 0) is 35.9 Å². The number of carboxylic acids is 1. The Morgan fingerprint density at radius 3 is 2.44 bits per heavy atom. The van der Waals surface area contributed by atoms with E-state index in [1.54, 1.807) is 30.3 Å². The number of anilines is 1. The SMILES string of the molecule is COc1ccc(/C=C2\C(=O)NC(=O)N(c3ccccc3)C2=O)cc1C(=O)O. The van der Waals surface area contributed by atoms with E-state index < -0.39 is 23.8 Å². The van der Waals surface area contributed by atoms with Crippen LogP contribution >= 0.6 is 0 Å². The first kappa shape index (κ1) is 17.9. The molecule has 3 rings (SSSR count). The number of rotatable bonds is 4. The van der Waals surface area contributed by atoms with Crippen molar-refractivity contribution in [1.29, 1.82) is 0 Å². The fraction of sp³-hybridized carbons (Fsp3) is 0.0526. The molecule has 0 unspecified atom stereocenters. The molecule has 2 aromatic carbocycles. The number of hydrogen-bond acceptors (Lipinski definition) is 5. The Labute approximate surface area is 153 Å². The van der Waals surface area contributed by atoms with E-state index in [1.165, 1.54) is 31.4 Å². The molecule has 0 aliphatic carbocycles. The van der Waals surface area contributed by atoms with Gasteiger partial charge in [0.05, 0.1) is 12.8 Å². The number of hydrogen-bond donors (Lipinski definition) is 2. The van der Waals surface area contributed by atoms with Crippen LogP contribution in [0.2, 0.25) is 0 Å². The number of amides is 4. The summed E-state index contributed by atoms with van der Waals surface area (Å²) in [7, 11) is 1.33. The van der Waals surface area contributed by atoms with Gasteiger partial charge in [0.2, 0.25) is 0 Å². The minimum absolute atomic E-state index is 0.119. The van der Waals surface area contributed by atoms with Gasteiger partial charge in [-0.15, -0.1) is 0 Å². The summed E-state index contributed by atoms with van der Waals surface area (Å²) >= 11 is 0. The van der Waals surface area contributed by atoms with Crippen molar-refractivity contribution in [2.45, 2.75) is 0 Å². The largest absolute Gasteiger partial charge is 0.496 e. The third-order valence-electron chi connectivity index (χ3n) is 3.88. The summed E-state index contributed by atoms with van der Waals surface area (Å²) in [5, 5.41) is 11.4. The van der Waals surface area contributed by atoms with E-state index in [1.807, 2.05) is 0 Å². The molecule has 0 aromatic heterocycles. The fourth-order valence-corrected chi connectivity index (χ4v) is 2.62. The van der Waals surface area contributed by atoms with Gasteiger partial charge in [-0.3, -0.25) is 14.9 Å². The molecule has 0 bridgehead atoms. The number of imide groups is 2. The van der Waals surface area contributed by atoms with Gasteiger partial charge in [-0.2, -0.15) is 0 Å². The maximum absolute atomic E-state index is 12.7. The van der Waals surface area contributed by atoms with Gasteiger partial charge < -0.3 is 9.84 Å². The summed E-state index contributed by atoms with van der Waals surface area (Å²) in [6.07, 6.45) is 1.23. The van der Waals surface area contributed by atoms with Crippen molar-refractivity contribution < 1.29 is 29.0 Å². The number of benzene rings is 2. The number of carbonyl (C=O) groups is 4. The van der Waals surface area contributed by atoms with Gasteiger partial charge in [0, 0.05) is 0 Å². The highest BCUT2D eigenvalue weighted by atomic mass is 16.5. The third kappa shape index (κ3) is 3.40. The van der Waals surface area contributed by atoms with E-state index >= 15 is 0 Å². The van der Waals surface area contributed by atoms with Crippen LogP contribution in [0, 0.1) is 0 Å². The van der Waals surface area contributed by atoms with Gasteiger partial charge in [0.1, 0.15) is 16.9 Å². The first-order chi connectivity index (χ1) is 12.9. The zero-order valence-electron chi connectivity index (χ0n) is 14.1. The first-order valence-corrected chi connectivity index (χ1v) is 7.80. The second kappa shape index (κ2) is 7.12. The van der Waals surface area contributed by atoms with Crippen LogP contribution in [0.25, 0.3) is 6.08 Å². The van der Waals surface area contributed by atoms with Crippen LogP contribution < -0.4 is 15.0 Å². The molecule has 27 heavy (non-hydrogen) atoms. The zero-order chi connectivity index (χ0) is 19.6. The molecular weight excluding hydrogens is 352 g/mol. The average molecular weight is 366 g/mol. The van der Waals surface area contributed by atoms with Crippen molar-refractivity contribution in [3.63, 3.8) is 0 Å². The van der Waals surface area contributed by atoms with E-state index in [0.717, 1.165) is 4.90 Å². The summed E-state index contributed by atoms with van der Waals surface area (Å²) in [6.45, 7) is 0. The van der Waals surface area contributed by atoms with Gasteiger partial charge in [-0.25, -0.2) is 14.5 Å². The molecule has 1 heterocycles. The number of urea groups is 1. The van der Waals surface area contributed by atoms with Crippen LogP contribution in [0.5, 0.6) is 5.75 Å². The van der Waals surface area contributed by atoms with Crippen LogP contribution in [0.3, 0.4) is 0 Å². The predicted octanol–water partition coefficient (Wildman–Crippen LogP) is 2.06. The Balaban J connectivity index is 2.03. The monoisotopic (exact) mass is 366 g/mol. The van der Waals surface area contributed by atoms with Crippen LogP contribution in [-0.4, -0.2) is 36.0 Å². The highest BCUT2D eigenvalue weighted by Gasteiger charge is 2.36. The molecule has 1 aliphatic rings. The van der Waals surface area contributed by atoms with Crippen molar-refractivity contribution in [3.05, 3.63) is 65.2 Å². The average Bonchev–Trinajstić information content (AvgIpc) is 2.65.